The lowest BCUT2D eigenvalue weighted by atomic mass is 9.78. The highest BCUT2D eigenvalue weighted by Gasteiger charge is 2.37. The van der Waals surface area contributed by atoms with Gasteiger partial charge < -0.3 is 5.32 Å². The molecule has 0 spiro atoms. The highest BCUT2D eigenvalue weighted by atomic mass is 19.1. The van der Waals surface area contributed by atoms with Crippen LogP contribution in [-0.4, -0.2) is 28.5 Å². The van der Waals surface area contributed by atoms with Crippen LogP contribution in [0.2, 0.25) is 0 Å². The van der Waals surface area contributed by atoms with Crippen molar-refractivity contribution >= 4 is 11.8 Å². The Morgan fingerprint density at radius 1 is 1.16 bits per heavy atom. The van der Waals surface area contributed by atoms with Crippen molar-refractivity contribution in [1.82, 2.24) is 15.4 Å². The number of fused-ring (bicyclic) bond motifs is 1. The van der Waals surface area contributed by atoms with Gasteiger partial charge in [-0.3, -0.25) is 19.4 Å². The number of carbonyl (C=O) groups is 2. The van der Waals surface area contributed by atoms with E-state index in [1.807, 2.05) is 12.1 Å². The molecule has 1 saturated heterocycles. The summed E-state index contributed by atoms with van der Waals surface area (Å²) in [7, 11) is 0. The molecule has 3 heterocycles. The molecule has 31 heavy (non-hydrogen) atoms. The van der Waals surface area contributed by atoms with Crippen LogP contribution in [0.5, 0.6) is 0 Å². The number of nitrogens with one attached hydrogen (secondary N) is 1. The maximum Gasteiger partial charge on any atom is 0.251 e. The van der Waals surface area contributed by atoms with Gasteiger partial charge in [0.05, 0.1) is 18.8 Å². The van der Waals surface area contributed by atoms with Crippen molar-refractivity contribution in [2.45, 2.75) is 51.1 Å². The van der Waals surface area contributed by atoms with Crippen molar-refractivity contribution in [3.63, 3.8) is 0 Å². The molecule has 6 nitrogen and oxygen atoms in total. The van der Waals surface area contributed by atoms with Gasteiger partial charge in [0.25, 0.3) is 5.91 Å². The molecule has 1 aromatic heterocycles. The van der Waals surface area contributed by atoms with Crippen LogP contribution in [-0.2, 0) is 22.6 Å². The zero-order chi connectivity index (χ0) is 21.4. The highest BCUT2D eigenvalue weighted by molar-refractivity contribution is 5.98. The minimum absolute atomic E-state index is 0.000543. The lowest BCUT2D eigenvalue weighted by Crippen LogP contribution is -2.36. The van der Waals surface area contributed by atoms with E-state index in [1.54, 1.807) is 6.20 Å². The first-order chi connectivity index (χ1) is 15.1. The van der Waals surface area contributed by atoms with Crippen LogP contribution in [0, 0.1) is 17.7 Å². The van der Waals surface area contributed by atoms with Crippen LogP contribution in [0.3, 0.4) is 0 Å². The van der Waals surface area contributed by atoms with Crippen molar-refractivity contribution in [1.29, 1.82) is 0 Å². The fraction of sp³-hybridized carbons (Fsp3) is 0.458. The third kappa shape index (κ3) is 4.06. The standard InChI is InChI=1S/C24H26FN3O3/c25-20-11-19(12-26-14-20)22-7-8-31-28(22)24(30)17-4-1-15(2-5-17)9-16-3-6-18-13-27-23(29)21(18)10-16/h3,6,10-12,14-15,17,22H,1-2,4-5,7-9,13H2,(H,27,29)/t15-,17-,22-/m0/s1. The van der Waals surface area contributed by atoms with E-state index in [9.17, 15) is 14.0 Å². The van der Waals surface area contributed by atoms with E-state index in [-0.39, 0.29) is 23.8 Å². The van der Waals surface area contributed by atoms with Gasteiger partial charge in [-0.15, -0.1) is 0 Å². The fourth-order valence-corrected chi connectivity index (χ4v) is 5.11. The second kappa shape index (κ2) is 8.38. The summed E-state index contributed by atoms with van der Waals surface area (Å²) in [5.41, 5.74) is 3.73. The number of carbonyl (C=O) groups excluding carboxylic acids is 2. The summed E-state index contributed by atoms with van der Waals surface area (Å²) in [6.45, 7) is 1.07. The number of hydroxylamine groups is 2. The van der Waals surface area contributed by atoms with Gasteiger partial charge in [-0.05, 0) is 66.8 Å². The van der Waals surface area contributed by atoms with Gasteiger partial charge in [0.1, 0.15) is 5.82 Å². The Morgan fingerprint density at radius 3 is 2.81 bits per heavy atom. The maximum atomic E-state index is 13.6. The molecule has 2 aliphatic heterocycles. The zero-order valence-electron chi connectivity index (χ0n) is 17.4. The number of rotatable bonds is 4. The summed E-state index contributed by atoms with van der Waals surface area (Å²) >= 11 is 0. The molecular weight excluding hydrogens is 397 g/mol. The first-order valence-corrected chi connectivity index (χ1v) is 11.0. The van der Waals surface area contributed by atoms with Crippen LogP contribution in [0.15, 0.2) is 36.7 Å². The lowest BCUT2D eigenvalue weighted by molar-refractivity contribution is -0.183. The normalized spacial score (nSPS) is 25.4. The number of benzene rings is 1. The van der Waals surface area contributed by atoms with E-state index >= 15 is 0 Å². The summed E-state index contributed by atoms with van der Waals surface area (Å²) in [5.74, 6) is 0.0546. The van der Waals surface area contributed by atoms with Crippen molar-refractivity contribution < 1.29 is 18.8 Å². The quantitative estimate of drug-likeness (QED) is 0.814. The molecule has 1 saturated carbocycles. The first-order valence-electron chi connectivity index (χ1n) is 11.0. The molecule has 7 heteroatoms. The largest absolute Gasteiger partial charge is 0.348 e. The van der Waals surface area contributed by atoms with Gasteiger partial charge in [-0.1, -0.05) is 12.1 Å². The zero-order valence-corrected chi connectivity index (χ0v) is 17.4. The summed E-state index contributed by atoms with van der Waals surface area (Å²) in [5, 5.41) is 4.32. The second-order valence-electron chi connectivity index (χ2n) is 8.83. The Labute approximate surface area is 180 Å². The Kier molecular flexibility index (Phi) is 5.44. The SMILES string of the molecule is O=C1NCc2ccc(C[C@H]3CC[C@H](C(=O)N4OCC[C@H]4c4cncc(F)c4)CC3)cc21. The summed E-state index contributed by atoms with van der Waals surface area (Å²) in [4.78, 5) is 34.6. The van der Waals surface area contributed by atoms with E-state index in [1.165, 1.54) is 22.9 Å². The third-order valence-corrected chi connectivity index (χ3v) is 6.81. The molecule has 1 N–H and O–H groups in total. The minimum atomic E-state index is -0.402. The van der Waals surface area contributed by atoms with E-state index < -0.39 is 5.82 Å². The molecule has 0 radical (unpaired) electrons. The molecule has 0 bridgehead atoms. The van der Waals surface area contributed by atoms with Crippen molar-refractivity contribution in [2.24, 2.45) is 11.8 Å². The first kappa shape index (κ1) is 20.1. The molecule has 1 atom stereocenters. The van der Waals surface area contributed by atoms with Gasteiger partial charge in [-0.2, -0.15) is 0 Å². The molecule has 5 rings (SSSR count). The maximum absolute atomic E-state index is 13.6. The molecule has 2 aromatic rings. The van der Waals surface area contributed by atoms with Crippen molar-refractivity contribution in [3.8, 4) is 0 Å². The van der Waals surface area contributed by atoms with Crippen LogP contribution in [0.25, 0.3) is 0 Å². The molecule has 1 aromatic carbocycles. The minimum Gasteiger partial charge on any atom is -0.348 e. The number of aromatic nitrogens is 1. The molecule has 162 valence electrons. The third-order valence-electron chi connectivity index (χ3n) is 6.81. The molecular formula is C24H26FN3O3. The van der Waals surface area contributed by atoms with Gasteiger partial charge in [0, 0.05) is 30.6 Å². The number of nitrogens with zero attached hydrogens (tertiary/aromatic N) is 2. The van der Waals surface area contributed by atoms with Crippen LogP contribution < -0.4 is 5.32 Å². The molecule has 3 aliphatic rings. The summed E-state index contributed by atoms with van der Waals surface area (Å²) in [6, 6.07) is 7.34. The van der Waals surface area contributed by atoms with Gasteiger partial charge in [0.2, 0.25) is 5.91 Å². The van der Waals surface area contributed by atoms with Crippen molar-refractivity contribution in [2.75, 3.05) is 6.61 Å². The predicted molar refractivity (Wildman–Crippen MR) is 111 cm³/mol. The Hall–Kier alpha value is -2.80. The van der Waals surface area contributed by atoms with Gasteiger partial charge >= 0.3 is 0 Å². The Bertz CT molecular complexity index is 1000. The van der Waals surface area contributed by atoms with Gasteiger partial charge in [0.15, 0.2) is 0 Å². The fourth-order valence-electron chi connectivity index (χ4n) is 5.11. The monoisotopic (exact) mass is 423 g/mol. The van der Waals surface area contributed by atoms with E-state index in [0.29, 0.717) is 31.1 Å². The van der Waals surface area contributed by atoms with E-state index in [2.05, 4.69) is 16.4 Å². The highest BCUT2D eigenvalue weighted by Crippen LogP contribution is 2.37. The smallest absolute Gasteiger partial charge is 0.251 e. The topological polar surface area (TPSA) is 71.5 Å². The van der Waals surface area contributed by atoms with E-state index in [4.69, 9.17) is 4.84 Å². The average molecular weight is 423 g/mol. The molecule has 2 amide bonds. The number of pyridine rings is 1. The van der Waals surface area contributed by atoms with E-state index in [0.717, 1.165) is 43.2 Å². The predicted octanol–water partition coefficient (Wildman–Crippen LogP) is 3.72. The number of hydrogen-bond donors (Lipinski definition) is 1. The number of hydrogen-bond acceptors (Lipinski definition) is 4. The van der Waals surface area contributed by atoms with Crippen LogP contribution >= 0.6 is 0 Å². The number of halogens is 1. The lowest BCUT2D eigenvalue weighted by Gasteiger charge is -2.32. The molecule has 0 unspecified atom stereocenters. The molecule has 2 fully saturated rings. The number of amides is 2. The Morgan fingerprint density at radius 2 is 2.00 bits per heavy atom. The average Bonchev–Trinajstić information content (AvgIpc) is 3.41. The van der Waals surface area contributed by atoms with Crippen LogP contribution in [0.4, 0.5) is 4.39 Å². The van der Waals surface area contributed by atoms with Gasteiger partial charge in [-0.25, -0.2) is 9.45 Å². The Balaban J connectivity index is 1.19. The summed E-state index contributed by atoms with van der Waals surface area (Å²) < 4.78 is 13.6. The van der Waals surface area contributed by atoms with Crippen molar-refractivity contribution in [3.05, 3.63) is 64.7 Å². The van der Waals surface area contributed by atoms with Crippen LogP contribution in [0.1, 0.15) is 65.2 Å². The summed E-state index contributed by atoms with van der Waals surface area (Å²) in [6.07, 6.45) is 7.94. The molecule has 1 aliphatic carbocycles. The second-order valence-corrected chi connectivity index (χ2v) is 8.83.